The first-order valence-corrected chi connectivity index (χ1v) is 10.3. The van der Waals surface area contributed by atoms with E-state index in [1.807, 2.05) is 24.3 Å². The number of nitrogens with one attached hydrogen (secondary N) is 2. The maximum atomic E-state index is 12.2. The molecule has 1 aliphatic rings. The van der Waals surface area contributed by atoms with Gasteiger partial charge in [-0.2, -0.15) is 0 Å². The topological polar surface area (TPSA) is 47.6 Å². The lowest BCUT2D eigenvalue weighted by atomic mass is 10.0. The minimum Gasteiger partial charge on any atom is -0.369 e. The molecule has 2 aromatic carbocycles. The van der Waals surface area contributed by atoms with Crippen LogP contribution in [0.1, 0.15) is 26.7 Å². The Morgan fingerprint density at radius 3 is 1.89 bits per heavy atom. The second-order valence-corrected chi connectivity index (χ2v) is 7.54. The molecule has 0 bridgehead atoms. The van der Waals surface area contributed by atoms with Gasteiger partial charge in [-0.05, 0) is 68.4 Å². The Hall–Kier alpha value is -2.53. The van der Waals surface area contributed by atoms with E-state index in [2.05, 4.69) is 65.6 Å². The lowest BCUT2D eigenvalue weighted by molar-refractivity contribution is -0.120. The third-order valence-electron chi connectivity index (χ3n) is 5.53. The molecule has 0 aromatic heterocycles. The van der Waals surface area contributed by atoms with Gasteiger partial charge in [-0.3, -0.25) is 4.79 Å². The van der Waals surface area contributed by atoms with E-state index >= 15 is 0 Å². The minimum atomic E-state index is 0.0802. The fourth-order valence-corrected chi connectivity index (χ4v) is 3.53. The van der Waals surface area contributed by atoms with Crippen LogP contribution in [0, 0.1) is 5.92 Å². The molecule has 5 nitrogen and oxygen atoms in total. The van der Waals surface area contributed by atoms with Gasteiger partial charge in [0, 0.05) is 54.8 Å². The number of nitrogens with zero attached hydrogens (tertiary/aromatic N) is 2. The summed E-state index contributed by atoms with van der Waals surface area (Å²) in [4.78, 5) is 17.0. The average molecular weight is 381 g/mol. The Morgan fingerprint density at radius 2 is 1.36 bits per heavy atom. The second kappa shape index (κ2) is 9.60. The summed E-state index contributed by atoms with van der Waals surface area (Å²) in [5.41, 5.74) is 4.19. The Morgan fingerprint density at radius 1 is 0.857 bits per heavy atom. The monoisotopic (exact) mass is 380 g/mol. The first-order chi connectivity index (χ1) is 13.6. The van der Waals surface area contributed by atoms with Crippen LogP contribution >= 0.6 is 0 Å². The number of carbonyl (C=O) groups is 1. The van der Waals surface area contributed by atoms with Crippen molar-refractivity contribution in [2.75, 3.05) is 48.8 Å². The maximum absolute atomic E-state index is 12.2. The van der Waals surface area contributed by atoms with E-state index < -0.39 is 0 Å². The lowest BCUT2D eigenvalue weighted by Gasteiger charge is -2.34. The summed E-state index contributed by atoms with van der Waals surface area (Å²) in [6.07, 6.45) is 1.73. The highest BCUT2D eigenvalue weighted by atomic mass is 16.1. The third kappa shape index (κ3) is 5.26. The Bertz CT molecular complexity index is 745. The maximum Gasteiger partial charge on any atom is 0.227 e. The van der Waals surface area contributed by atoms with Crippen molar-refractivity contribution in [1.82, 2.24) is 4.90 Å². The van der Waals surface area contributed by atoms with Gasteiger partial charge in [0.05, 0.1) is 0 Å². The molecule has 0 unspecified atom stereocenters. The summed E-state index contributed by atoms with van der Waals surface area (Å²) in [7, 11) is 2.17. The standard InChI is InChI=1S/C23H32N4O/c1-4-18(5-2)23(28)25-21-8-6-19(7-9-21)24-20-10-12-22(13-11-20)27-16-14-26(3)15-17-27/h6-13,18,24H,4-5,14-17H2,1-3H3,(H,25,28). The summed E-state index contributed by atoms with van der Waals surface area (Å²) < 4.78 is 0. The molecule has 1 heterocycles. The Balaban J connectivity index is 1.56. The van der Waals surface area contributed by atoms with E-state index in [4.69, 9.17) is 0 Å². The summed E-state index contributed by atoms with van der Waals surface area (Å²) in [5, 5.41) is 6.43. The minimum absolute atomic E-state index is 0.0802. The normalized spacial score (nSPS) is 14.9. The van der Waals surface area contributed by atoms with Crippen LogP contribution in [-0.2, 0) is 4.79 Å². The molecule has 0 atom stereocenters. The van der Waals surface area contributed by atoms with Crippen LogP contribution in [0.25, 0.3) is 0 Å². The summed E-state index contributed by atoms with van der Waals surface area (Å²) in [6, 6.07) is 16.5. The predicted octanol–water partition coefficient (Wildman–Crippen LogP) is 4.56. The van der Waals surface area contributed by atoms with E-state index in [1.54, 1.807) is 0 Å². The molecule has 2 N–H and O–H groups in total. The van der Waals surface area contributed by atoms with Crippen molar-refractivity contribution in [3.63, 3.8) is 0 Å². The number of piperazine rings is 1. The molecule has 3 rings (SSSR count). The molecule has 2 aromatic rings. The van der Waals surface area contributed by atoms with Crippen LogP contribution in [0.2, 0.25) is 0 Å². The van der Waals surface area contributed by atoms with Crippen molar-refractivity contribution in [3.8, 4) is 0 Å². The molecule has 1 amide bonds. The average Bonchev–Trinajstić information content (AvgIpc) is 2.72. The molecule has 1 fully saturated rings. The van der Waals surface area contributed by atoms with Crippen molar-refractivity contribution in [2.45, 2.75) is 26.7 Å². The van der Waals surface area contributed by atoms with Crippen LogP contribution in [-0.4, -0.2) is 44.0 Å². The molecule has 0 aliphatic carbocycles. The molecular weight excluding hydrogens is 348 g/mol. The number of anilines is 4. The number of hydrogen-bond acceptors (Lipinski definition) is 4. The number of benzene rings is 2. The van der Waals surface area contributed by atoms with Gasteiger partial charge in [0.25, 0.3) is 0 Å². The van der Waals surface area contributed by atoms with Crippen molar-refractivity contribution < 1.29 is 4.79 Å². The van der Waals surface area contributed by atoms with E-state index in [1.165, 1.54) is 5.69 Å². The Kier molecular flexibility index (Phi) is 6.93. The van der Waals surface area contributed by atoms with Gasteiger partial charge < -0.3 is 20.4 Å². The highest BCUT2D eigenvalue weighted by Crippen LogP contribution is 2.23. The number of likely N-dealkylation sites (N-methyl/N-ethyl adjacent to an activating group) is 1. The molecule has 1 aliphatic heterocycles. The van der Waals surface area contributed by atoms with E-state index in [0.717, 1.165) is 56.1 Å². The molecule has 28 heavy (non-hydrogen) atoms. The lowest BCUT2D eigenvalue weighted by Crippen LogP contribution is -2.44. The van der Waals surface area contributed by atoms with Gasteiger partial charge >= 0.3 is 0 Å². The van der Waals surface area contributed by atoms with Gasteiger partial charge in [0.2, 0.25) is 5.91 Å². The van der Waals surface area contributed by atoms with Gasteiger partial charge in [-0.25, -0.2) is 0 Å². The van der Waals surface area contributed by atoms with Gasteiger partial charge in [-0.15, -0.1) is 0 Å². The van der Waals surface area contributed by atoms with Crippen LogP contribution < -0.4 is 15.5 Å². The zero-order valence-corrected chi connectivity index (χ0v) is 17.2. The van der Waals surface area contributed by atoms with Crippen molar-refractivity contribution in [3.05, 3.63) is 48.5 Å². The highest BCUT2D eigenvalue weighted by molar-refractivity contribution is 5.92. The van der Waals surface area contributed by atoms with E-state index in [0.29, 0.717) is 0 Å². The quantitative estimate of drug-likeness (QED) is 0.739. The van der Waals surface area contributed by atoms with Crippen LogP contribution in [0.5, 0.6) is 0 Å². The molecule has 0 radical (unpaired) electrons. The van der Waals surface area contributed by atoms with Gasteiger partial charge in [-0.1, -0.05) is 13.8 Å². The van der Waals surface area contributed by atoms with Crippen molar-refractivity contribution >= 4 is 28.7 Å². The predicted molar refractivity (Wildman–Crippen MR) is 119 cm³/mol. The summed E-state index contributed by atoms with van der Waals surface area (Å²) in [6.45, 7) is 8.48. The molecule has 5 heteroatoms. The first-order valence-electron chi connectivity index (χ1n) is 10.3. The largest absolute Gasteiger partial charge is 0.369 e. The first kappa shape index (κ1) is 20.2. The third-order valence-corrected chi connectivity index (χ3v) is 5.53. The molecular formula is C23H32N4O. The van der Waals surface area contributed by atoms with Crippen molar-refractivity contribution in [1.29, 1.82) is 0 Å². The SMILES string of the molecule is CCC(CC)C(=O)Nc1ccc(Nc2ccc(N3CCN(C)CC3)cc2)cc1. The van der Waals surface area contributed by atoms with E-state index in [-0.39, 0.29) is 11.8 Å². The van der Waals surface area contributed by atoms with Crippen LogP contribution in [0.15, 0.2) is 48.5 Å². The molecule has 0 saturated carbocycles. The zero-order chi connectivity index (χ0) is 19.9. The van der Waals surface area contributed by atoms with Gasteiger partial charge in [0.15, 0.2) is 0 Å². The number of hydrogen-bond donors (Lipinski definition) is 2. The fraction of sp³-hybridized carbons (Fsp3) is 0.435. The van der Waals surface area contributed by atoms with E-state index in [9.17, 15) is 4.79 Å². The second-order valence-electron chi connectivity index (χ2n) is 7.54. The smallest absolute Gasteiger partial charge is 0.227 e. The van der Waals surface area contributed by atoms with Crippen LogP contribution in [0.3, 0.4) is 0 Å². The molecule has 1 saturated heterocycles. The number of amides is 1. The fourth-order valence-electron chi connectivity index (χ4n) is 3.53. The summed E-state index contributed by atoms with van der Waals surface area (Å²) in [5.74, 6) is 0.182. The summed E-state index contributed by atoms with van der Waals surface area (Å²) >= 11 is 0. The molecule has 0 spiro atoms. The Labute approximate surface area is 168 Å². The van der Waals surface area contributed by atoms with Crippen LogP contribution in [0.4, 0.5) is 22.7 Å². The highest BCUT2D eigenvalue weighted by Gasteiger charge is 2.15. The van der Waals surface area contributed by atoms with Crippen molar-refractivity contribution in [2.24, 2.45) is 5.92 Å². The number of carbonyl (C=O) groups excluding carboxylic acids is 1. The molecule has 150 valence electrons. The van der Waals surface area contributed by atoms with Gasteiger partial charge in [0.1, 0.15) is 0 Å². The number of rotatable bonds is 7. The zero-order valence-electron chi connectivity index (χ0n) is 17.2.